The van der Waals surface area contributed by atoms with E-state index < -0.39 is 6.10 Å². The van der Waals surface area contributed by atoms with Gasteiger partial charge < -0.3 is 24.3 Å². The van der Waals surface area contributed by atoms with Gasteiger partial charge in [0.1, 0.15) is 5.75 Å². The molecule has 0 heterocycles. The Morgan fingerprint density at radius 1 is 0.966 bits per heavy atom. The molecule has 1 aliphatic carbocycles. The van der Waals surface area contributed by atoms with Gasteiger partial charge in [0.05, 0.1) is 21.3 Å². The van der Waals surface area contributed by atoms with Crippen LogP contribution in [0, 0.1) is 0 Å². The fourth-order valence-corrected chi connectivity index (χ4v) is 3.67. The molecule has 1 aliphatic rings. The molecule has 0 spiro atoms. The number of carbonyl (C=O) groups is 1. The standard InChI is InChI=1S/C23H29NO5/c1-15(29-19-11-9-16-7-5-6-8-17(16)13-19)23(25)24-14-18-10-12-20(26-2)22(28-4)21(18)27-3/h9-13,15H,5-8,14H2,1-4H3,(H,24,25)/t15-/m1/s1. The van der Waals surface area contributed by atoms with E-state index in [1.165, 1.54) is 24.0 Å². The summed E-state index contributed by atoms with van der Waals surface area (Å²) < 4.78 is 22.0. The van der Waals surface area contributed by atoms with Crippen LogP contribution in [0.15, 0.2) is 30.3 Å². The van der Waals surface area contributed by atoms with E-state index in [2.05, 4.69) is 17.4 Å². The highest BCUT2D eigenvalue weighted by Gasteiger charge is 2.19. The van der Waals surface area contributed by atoms with Gasteiger partial charge in [0.2, 0.25) is 5.75 Å². The zero-order valence-electron chi connectivity index (χ0n) is 17.5. The number of rotatable bonds is 8. The van der Waals surface area contributed by atoms with E-state index in [1.807, 2.05) is 12.1 Å². The first-order chi connectivity index (χ1) is 14.1. The quantitative estimate of drug-likeness (QED) is 0.734. The minimum atomic E-state index is -0.609. The Kier molecular flexibility index (Phi) is 6.86. The molecular formula is C23H29NO5. The summed E-state index contributed by atoms with van der Waals surface area (Å²) in [6.07, 6.45) is 4.04. The summed E-state index contributed by atoms with van der Waals surface area (Å²) in [7, 11) is 4.68. The molecule has 1 amide bonds. The number of fused-ring (bicyclic) bond motifs is 1. The summed E-state index contributed by atoms with van der Waals surface area (Å²) in [6, 6.07) is 9.76. The fourth-order valence-electron chi connectivity index (χ4n) is 3.67. The van der Waals surface area contributed by atoms with Crippen LogP contribution in [0.25, 0.3) is 0 Å². The predicted molar refractivity (Wildman–Crippen MR) is 111 cm³/mol. The van der Waals surface area contributed by atoms with Crippen molar-refractivity contribution in [2.45, 2.75) is 45.3 Å². The molecule has 0 aromatic heterocycles. The van der Waals surface area contributed by atoms with E-state index in [0.29, 0.717) is 23.8 Å². The molecule has 1 atom stereocenters. The van der Waals surface area contributed by atoms with Crippen LogP contribution in [0.1, 0.15) is 36.5 Å². The number of benzene rings is 2. The largest absolute Gasteiger partial charge is 0.493 e. The van der Waals surface area contributed by atoms with Gasteiger partial charge in [0.25, 0.3) is 5.91 Å². The van der Waals surface area contributed by atoms with Crippen LogP contribution in [-0.4, -0.2) is 33.3 Å². The Hall–Kier alpha value is -2.89. The fraction of sp³-hybridized carbons (Fsp3) is 0.435. The summed E-state index contributed by atoms with van der Waals surface area (Å²) >= 11 is 0. The third-order valence-electron chi connectivity index (χ3n) is 5.24. The molecule has 0 unspecified atom stereocenters. The van der Waals surface area contributed by atoms with Gasteiger partial charge >= 0.3 is 0 Å². The van der Waals surface area contributed by atoms with E-state index in [1.54, 1.807) is 34.3 Å². The molecule has 156 valence electrons. The lowest BCUT2D eigenvalue weighted by Gasteiger charge is -2.20. The third-order valence-corrected chi connectivity index (χ3v) is 5.24. The van der Waals surface area contributed by atoms with Gasteiger partial charge in [-0.05, 0) is 68.0 Å². The molecular weight excluding hydrogens is 370 g/mol. The maximum atomic E-state index is 12.6. The molecule has 0 fully saturated rings. The average Bonchev–Trinajstić information content (AvgIpc) is 2.76. The molecule has 1 N–H and O–H groups in total. The number of aryl methyl sites for hydroxylation is 2. The first-order valence-electron chi connectivity index (χ1n) is 9.91. The van der Waals surface area contributed by atoms with Gasteiger partial charge in [-0.1, -0.05) is 6.07 Å². The van der Waals surface area contributed by atoms with Crippen LogP contribution in [0.4, 0.5) is 0 Å². The Balaban J connectivity index is 1.63. The minimum absolute atomic E-state index is 0.195. The monoisotopic (exact) mass is 399 g/mol. The lowest BCUT2D eigenvalue weighted by Crippen LogP contribution is -2.36. The van der Waals surface area contributed by atoms with Crippen molar-refractivity contribution in [2.24, 2.45) is 0 Å². The summed E-state index contributed by atoms with van der Waals surface area (Å²) in [5.74, 6) is 2.15. The molecule has 2 aromatic rings. The number of methoxy groups -OCH3 is 3. The zero-order chi connectivity index (χ0) is 20.8. The number of ether oxygens (including phenoxy) is 4. The van der Waals surface area contributed by atoms with Crippen LogP contribution in [-0.2, 0) is 24.2 Å². The summed E-state index contributed by atoms with van der Waals surface area (Å²) in [5, 5.41) is 2.90. The zero-order valence-corrected chi connectivity index (χ0v) is 17.5. The van der Waals surface area contributed by atoms with Gasteiger partial charge in [0, 0.05) is 12.1 Å². The highest BCUT2D eigenvalue weighted by molar-refractivity contribution is 5.80. The maximum Gasteiger partial charge on any atom is 0.261 e. The van der Waals surface area contributed by atoms with Crippen molar-refractivity contribution in [3.8, 4) is 23.0 Å². The number of amides is 1. The number of nitrogens with one attached hydrogen (secondary N) is 1. The van der Waals surface area contributed by atoms with Crippen molar-refractivity contribution in [1.82, 2.24) is 5.32 Å². The Morgan fingerprint density at radius 2 is 1.69 bits per heavy atom. The predicted octanol–water partition coefficient (Wildman–Crippen LogP) is 3.67. The van der Waals surface area contributed by atoms with Crippen LogP contribution in [0.2, 0.25) is 0 Å². The second-order valence-electron chi connectivity index (χ2n) is 7.11. The lowest BCUT2D eigenvalue weighted by atomic mass is 9.92. The highest BCUT2D eigenvalue weighted by Crippen LogP contribution is 2.39. The van der Waals surface area contributed by atoms with Crippen molar-refractivity contribution in [2.75, 3.05) is 21.3 Å². The molecule has 0 saturated carbocycles. The lowest BCUT2D eigenvalue weighted by molar-refractivity contribution is -0.127. The van der Waals surface area contributed by atoms with E-state index in [4.69, 9.17) is 18.9 Å². The van der Waals surface area contributed by atoms with Crippen molar-refractivity contribution in [1.29, 1.82) is 0 Å². The van der Waals surface area contributed by atoms with Crippen molar-refractivity contribution < 1.29 is 23.7 Å². The summed E-state index contributed by atoms with van der Waals surface area (Å²) in [6.45, 7) is 2.04. The molecule has 0 saturated heterocycles. The van der Waals surface area contributed by atoms with Crippen LogP contribution in [0.3, 0.4) is 0 Å². The van der Waals surface area contributed by atoms with Gasteiger partial charge in [0.15, 0.2) is 17.6 Å². The van der Waals surface area contributed by atoms with E-state index in [-0.39, 0.29) is 5.91 Å². The molecule has 3 rings (SSSR count). The molecule has 0 bridgehead atoms. The molecule has 6 heteroatoms. The SMILES string of the molecule is COc1ccc(CNC(=O)[C@@H](C)Oc2ccc3c(c2)CCCC3)c(OC)c1OC. The minimum Gasteiger partial charge on any atom is -0.493 e. The Bertz CT molecular complexity index is 865. The van der Waals surface area contributed by atoms with Crippen molar-refractivity contribution >= 4 is 5.91 Å². The topological polar surface area (TPSA) is 66.0 Å². The molecule has 6 nitrogen and oxygen atoms in total. The van der Waals surface area contributed by atoms with Gasteiger partial charge in [-0.15, -0.1) is 0 Å². The maximum absolute atomic E-state index is 12.6. The third kappa shape index (κ3) is 4.75. The summed E-state index contributed by atoms with van der Waals surface area (Å²) in [4.78, 5) is 12.6. The van der Waals surface area contributed by atoms with Gasteiger partial charge in [-0.25, -0.2) is 0 Å². The molecule has 2 aromatic carbocycles. The normalized spacial score (nSPS) is 13.8. The van der Waals surface area contributed by atoms with Crippen LogP contribution >= 0.6 is 0 Å². The smallest absolute Gasteiger partial charge is 0.261 e. The Labute approximate surface area is 172 Å². The van der Waals surface area contributed by atoms with Crippen molar-refractivity contribution in [3.63, 3.8) is 0 Å². The molecule has 0 aliphatic heterocycles. The van der Waals surface area contributed by atoms with Crippen LogP contribution in [0.5, 0.6) is 23.0 Å². The van der Waals surface area contributed by atoms with E-state index in [0.717, 1.165) is 24.2 Å². The number of hydrogen-bond acceptors (Lipinski definition) is 5. The number of carbonyl (C=O) groups excluding carboxylic acids is 1. The van der Waals surface area contributed by atoms with Gasteiger partial charge in [-0.3, -0.25) is 4.79 Å². The number of hydrogen-bond donors (Lipinski definition) is 1. The average molecular weight is 399 g/mol. The van der Waals surface area contributed by atoms with Crippen LogP contribution < -0.4 is 24.3 Å². The molecule has 29 heavy (non-hydrogen) atoms. The van der Waals surface area contributed by atoms with Gasteiger partial charge in [-0.2, -0.15) is 0 Å². The first kappa shape index (κ1) is 20.8. The second-order valence-corrected chi connectivity index (χ2v) is 7.11. The Morgan fingerprint density at radius 3 is 2.38 bits per heavy atom. The second kappa shape index (κ2) is 9.54. The first-order valence-corrected chi connectivity index (χ1v) is 9.91. The van der Waals surface area contributed by atoms with E-state index >= 15 is 0 Å². The molecule has 0 radical (unpaired) electrons. The van der Waals surface area contributed by atoms with Crippen molar-refractivity contribution in [3.05, 3.63) is 47.0 Å². The highest BCUT2D eigenvalue weighted by atomic mass is 16.5. The van der Waals surface area contributed by atoms with E-state index in [9.17, 15) is 4.79 Å². The summed E-state index contributed by atoms with van der Waals surface area (Å²) in [5.41, 5.74) is 3.51.